The summed E-state index contributed by atoms with van der Waals surface area (Å²) >= 11 is 0. The minimum atomic E-state index is -0.236. The molecule has 0 fully saturated rings. The molecule has 4 nitrogen and oxygen atoms in total. The average Bonchev–Trinajstić information content (AvgIpc) is 2.36. The molecule has 18 heavy (non-hydrogen) atoms. The third-order valence-electron chi connectivity index (χ3n) is 2.63. The molecule has 0 radical (unpaired) electrons. The lowest BCUT2D eigenvalue weighted by molar-refractivity contribution is 0.619. The zero-order chi connectivity index (χ0) is 13.1. The quantitative estimate of drug-likeness (QED) is 0.874. The van der Waals surface area contributed by atoms with Crippen molar-refractivity contribution in [2.24, 2.45) is 0 Å². The lowest BCUT2D eigenvalue weighted by Crippen LogP contribution is -2.02. The molecule has 0 atom stereocenters. The summed E-state index contributed by atoms with van der Waals surface area (Å²) in [5, 5.41) is 5.95. The van der Waals surface area contributed by atoms with Gasteiger partial charge in [-0.2, -0.15) is 4.98 Å². The van der Waals surface area contributed by atoms with Gasteiger partial charge in [-0.25, -0.2) is 9.37 Å². The molecule has 2 rings (SSSR count). The summed E-state index contributed by atoms with van der Waals surface area (Å²) in [6, 6.07) is 5.00. The third kappa shape index (κ3) is 2.56. The van der Waals surface area contributed by atoms with Crippen molar-refractivity contribution in [1.29, 1.82) is 0 Å². The molecule has 0 saturated carbocycles. The van der Waals surface area contributed by atoms with Crippen LogP contribution in [-0.4, -0.2) is 17.0 Å². The van der Waals surface area contributed by atoms with Gasteiger partial charge in [0.05, 0.1) is 0 Å². The summed E-state index contributed by atoms with van der Waals surface area (Å²) < 4.78 is 13.4. The molecule has 0 aliphatic carbocycles. The summed E-state index contributed by atoms with van der Waals surface area (Å²) in [4.78, 5) is 8.38. The van der Waals surface area contributed by atoms with Gasteiger partial charge in [0.25, 0.3) is 0 Å². The van der Waals surface area contributed by atoms with Crippen LogP contribution in [0.25, 0.3) is 0 Å². The third-order valence-corrected chi connectivity index (χ3v) is 2.63. The Hall–Kier alpha value is -2.17. The Kier molecular flexibility index (Phi) is 3.41. The SMILES string of the molecule is CNc1ncc(C)c(Nc2ccc(C)c(F)c2)n1. The van der Waals surface area contributed by atoms with Gasteiger partial charge in [0.1, 0.15) is 11.6 Å². The molecule has 1 aromatic carbocycles. The van der Waals surface area contributed by atoms with E-state index < -0.39 is 0 Å². The van der Waals surface area contributed by atoms with Crippen molar-refractivity contribution in [3.63, 3.8) is 0 Å². The van der Waals surface area contributed by atoms with Crippen LogP contribution in [0.4, 0.5) is 21.8 Å². The van der Waals surface area contributed by atoms with Crippen LogP contribution >= 0.6 is 0 Å². The monoisotopic (exact) mass is 246 g/mol. The number of hydrogen-bond acceptors (Lipinski definition) is 4. The van der Waals surface area contributed by atoms with E-state index in [1.165, 1.54) is 6.07 Å². The van der Waals surface area contributed by atoms with Crippen LogP contribution in [0.5, 0.6) is 0 Å². The van der Waals surface area contributed by atoms with Gasteiger partial charge in [0.15, 0.2) is 0 Å². The van der Waals surface area contributed by atoms with E-state index in [1.807, 2.05) is 13.0 Å². The highest BCUT2D eigenvalue weighted by atomic mass is 19.1. The number of aryl methyl sites for hydroxylation is 2. The van der Waals surface area contributed by atoms with Gasteiger partial charge in [-0.15, -0.1) is 0 Å². The predicted octanol–water partition coefficient (Wildman–Crippen LogP) is 3.02. The Morgan fingerprint density at radius 2 is 1.94 bits per heavy atom. The van der Waals surface area contributed by atoms with Gasteiger partial charge in [-0.05, 0) is 31.5 Å². The molecule has 1 heterocycles. The molecule has 0 spiro atoms. The summed E-state index contributed by atoms with van der Waals surface area (Å²) in [5.74, 6) is 0.953. The summed E-state index contributed by atoms with van der Waals surface area (Å²) in [6.45, 7) is 3.63. The number of rotatable bonds is 3. The maximum Gasteiger partial charge on any atom is 0.224 e. The van der Waals surface area contributed by atoms with E-state index in [1.54, 1.807) is 26.2 Å². The van der Waals surface area contributed by atoms with E-state index in [-0.39, 0.29) is 5.82 Å². The molecule has 94 valence electrons. The maximum absolute atomic E-state index is 13.4. The fourth-order valence-corrected chi connectivity index (χ4v) is 1.50. The molecule has 5 heteroatoms. The zero-order valence-corrected chi connectivity index (χ0v) is 10.6. The molecule has 0 aliphatic rings. The largest absolute Gasteiger partial charge is 0.357 e. The Balaban J connectivity index is 2.30. The van der Waals surface area contributed by atoms with Crippen LogP contribution in [-0.2, 0) is 0 Å². The van der Waals surface area contributed by atoms with Crippen molar-refractivity contribution in [3.8, 4) is 0 Å². The van der Waals surface area contributed by atoms with Crippen molar-refractivity contribution in [2.75, 3.05) is 17.7 Å². The predicted molar refractivity (Wildman–Crippen MR) is 70.7 cm³/mol. The maximum atomic E-state index is 13.4. The Bertz CT molecular complexity index is 569. The molecule has 0 saturated heterocycles. The fraction of sp³-hybridized carbons (Fsp3) is 0.231. The zero-order valence-electron chi connectivity index (χ0n) is 10.6. The van der Waals surface area contributed by atoms with Crippen molar-refractivity contribution in [1.82, 2.24) is 9.97 Å². The summed E-state index contributed by atoms with van der Waals surface area (Å²) in [7, 11) is 1.75. The Morgan fingerprint density at radius 3 is 2.61 bits per heavy atom. The molecule has 2 aromatic rings. The van der Waals surface area contributed by atoms with E-state index in [4.69, 9.17) is 0 Å². The topological polar surface area (TPSA) is 49.8 Å². The summed E-state index contributed by atoms with van der Waals surface area (Å²) in [6.07, 6.45) is 1.71. The highest BCUT2D eigenvalue weighted by Gasteiger charge is 2.05. The van der Waals surface area contributed by atoms with Crippen LogP contribution in [0, 0.1) is 19.7 Å². The fourth-order valence-electron chi connectivity index (χ4n) is 1.50. The van der Waals surface area contributed by atoms with Crippen molar-refractivity contribution >= 4 is 17.5 Å². The first kappa shape index (κ1) is 12.3. The van der Waals surface area contributed by atoms with E-state index >= 15 is 0 Å². The van der Waals surface area contributed by atoms with Crippen molar-refractivity contribution in [3.05, 3.63) is 41.3 Å². The Morgan fingerprint density at radius 1 is 1.17 bits per heavy atom. The van der Waals surface area contributed by atoms with Crippen molar-refractivity contribution < 1.29 is 4.39 Å². The van der Waals surface area contributed by atoms with Gasteiger partial charge >= 0.3 is 0 Å². The molecule has 0 aliphatic heterocycles. The lowest BCUT2D eigenvalue weighted by Gasteiger charge is -2.10. The summed E-state index contributed by atoms with van der Waals surface area (Å²) in [5.41, 5.74) is 2.19. The second kappa shape index (κ2) is 5.00. The second-order valence-corrected chi connectivity index (χ2v) is 4.06. The number of nitrogens with one attached hydrogen (secondary N) is 2. The first-order valence-corrected chi connectivity index (χ1v) is 5.64. The van der Waals surface area contributed by atoms with Gasteiger partial charge in [0, 0.05) is 24.5 Å². The van der Waals surface area contributed by atoms with Crippen LogP contribution < -0.4 is 10.6 Å². The molecule has 0 amide bonds. The number of nitrogens with zero attached hydrogens (tertiary/aromatic N) is 2. The minimum Gasteiger partial charge on any atom is -0.357 e. The van der Waals surface area contributed by atoms with Crippen LogP contribution in [0.1, 0.15) is 11.1 Å². The number of hydrogen-bond donors (Lipinski definition) is 2. The first-order valence-electron chi connectivity index (χ1n) is 5.64. The smallest absolute Gasteiger partial charge is 0.224 e. The van der Waals surface area contributed by atoms with E-state index in [9.17, 15) is 4.39 Å². The Labute approximate surface area is 105 Å². The van der Waals surface area contributed by atoms with Gasteiger partial charge < -0.3 is 10.6 Å². The van der Waals surface area contributed by atoms with Gasteiger partial charge in [0.2, 0.25) is 5.95 Å². The molecular weight excluding hydrogens is 231 g/mol. The number of aromatic nitrogens is 2. The van der Waals surface area contributed by atoms with Gasteiger partial charge in [-0.3, -0.25) is 0 Å². The van der Waals surface area contributed by atoms with Crippen LogP contribution in [0.15, 0.2) is 24.4 Å². The van der Waals surface area contributed by atoms with E-state index in [0.717, 1.165) is 5.56 Å². The number of anilines is 3. The van der Waals surface area contributed by atoms with Crippen LogP contribution in [0.2, 0.25) is 0 Å². The molecule has 0 unspecified atom stereocenters. The standard InChI is InChI=1S/C13H15FN4/c1-8-4-5-10(6-11(8)14)17-12-9(2)7-16-13(15-3)18-12/h4-7H,1-3H3,(H2,15,16,17,18). The lowest BCUT2D eigenvalue weighted by atomic mass is 10.2. The second-order valence-electron chi connectivity index (χ2n) is 4.06. The first-order chi connectivity index (χ1) is 8.60. The molecule has 2 N–H and O–H groups in total. The number of benzene rings is 1. The molecule has 0 bridgehead atoms. The minimum absolute atomic E-state index is 0.236. The highest BCUT2D eigenvalue weighted by Crippen LogP contribution is 2.20. The normalized spacial score (nSPS) is 10.2. The average molecular weight is 246 g/mol. The van der Waals surface area contributed by atoms with Gasteiger partial charge in [-0.1, -0.05) is 6.07 Å². The number of halogens is 1. The highest BCUT2D eigenvalue weighted by molar-refractivity contribution is 5.60. The van der Waals surface area contributed by atoms with E-state index in [0.29, 0.717) is 23.0 Å². The van der Waals surface area contributed by atoms with E-state index in [2.05, 4.69) is 20.6 Å². The molecular formula is C13H15FN4. The van der Waals surface area contributed by atoms with Crippen molar-refractivity contribution in [2.45, 2.75) is 13.8 Å². The van der Waals surface area contributed by atoms with Crippen LogP contribution in [0.3, 0.4) is 0 Å². The molecule has 1 aromatic heterocycles.